The molecule has 1 amide bonds. The molecule has 5 rings (SSSR count). The molecule has 1 atom stereocenters. The molecular weight excluding hydrogens is 712 g/mol. The molecule has 0 aliphatic carbocycles. The third-order valence-electron chi connectivity index (χ3n) is 8.21. The van der Waals surface area contributed by atoms with Gasteiger partial charge in [0, 0.05) is 17.8 Å². The lowest BCUT2D eigenvalue weighted by atomic mass is 9.82. The number of hydrogen-bond donors (Lipinski definition) is 2. The standard InChI is InChI=1S/C36H36N4O12S/c1-8-52-36(43)28-27(19-15-24(48-4)31(51-7)25(16-19)49-5)29(33(41)38-20-10-9-11-21(17-20)40(44)45)35-39(32(28)37)34(42)26(53-35)14-18-12-22(46-2)30(50-6)23(13-18)47-3/h9-17,27H,8,37H2,1-7H3,(H,38,41)/b26-14+. The monoisotopic (exact) mass is 748 g/mol. The zero-order valence-corrected chi connectivity index (χ0v) is 30.6. The Morgan fingerprint density at radius 3 is 1.96 bits per heavy atom. The molecule has 3 N–H and O–H groups in total. The summed E-state index contributed by atoms with van der Waals surface area (Å²) in [4.78, 5) is 53.7. The molecule has 0 bridgehead atoms. The van der Waals surface area contributed by atoms with E-state index in [2.05, 4.69) is 5.32 Å². The number of thiazole rings is 1. The van der Waals surface area contributed by atoms with E-state index < -0.39 is 28.3 Å². The van der Waals surface area contributed by atoms with Crippen LogP contribution in [-0.2, 0) is 14.3 Å². The molecule has 1 aromatic heterocycles. The van der Waals surface area contributed by atoms with Gasteiger partial charge >= 0.3 is 5.97 Å². The fraction of sp³-hybridized carbons (Fsp3) is 0.250. The van der Waals surface area contributed by atoms with Crippen molar-refractivity contribution in [2.45, 2.75) is 12.8 Å². The third kappa shape index (κ3) is 7.05. The van der Waals surface area contributed by atoms with Crippen molar-refractivity contribution in [1.82, 2.24) is 4.57 Å². The Bertz CT molecular complexity index is 2280. The second kappa shape index (κ2) is 15.8. The van der Waals surface area contributed by atoms with Gasteiger partial charge in [0.25, 0.3) is 17.2 Å². The second-order valence-corrected chi connectivity index (χ2v) is 12.1. The van der Waals surface area contributed by atoms with Gasteiger partial charge < -0.3 is 44.2 Å². The van der Waals surface area contributed by atoms with Crippen molar-refractivity contribution in [2.24, 2.45) is 5.73 Å². The van der Waals surface area contributed by atoms with E-state index in [1.165, 1.54) is 66.9 Å². The lowest BCUT2D eigenvalue weighted by molar-refractivity contribution is -0.384. The van der Waals surface area contributed by atoms with Crippen LogP contribution in [0.4, 0.5) is 11.4 Å². The number of anilines is 1. The number of methoxy groups -OCH3 is 6. The summed E-state index contributed by atoms with van der Waals surface area (Å²) in [6.07, 6.45) is 1.55. The number of nitrogens with zero attached hydrogens (tertiary/aromatic N) is 2. The number of benzene rings is 3. The first kappa shape index (κ1) is 37.8. The largest absolute Gasteiger partial charge is 0.493 e. The molecule has 2 heterocycles. The number of nitro groups is 1. The number of nitrogens with two attached hydrogens (primary N) is 1. The minimum absolute atomic E-state index is 0.0572. The smallest absolute Gasteiger partial charge is 0.338 e. The van der Waals surface area contributed by atoms with Crippen molar-refractivity contribution in [2.75, 3.05) is 54.6 Å². The Morgan fingerprint density at radius 2 is 1.45 bits per heavy atom. The first-order valence-corrected chi connectivity index (χ1v) is 16.6. The number of nitrogens with one attached hydrogen (secondary N) is 1. The molecule has 1 aliphatic heterocycles. The number of carbonyl (C=O) groups excluding carboxylic acids is 2. The first-order chi connectivity index (χ1) is 25.5. The summed E-state index contributed by atoms with van der Waals surface area (Å²) in [5.41, 5.74) is 6.32. The van der Waals surface area contributed by atoms with Crippen LogP contribution in [0.1, 0.15) is 24.0 Å². The fourth-order valence-electron chi connectivity index (χ4n) is 5.91. The quantitative estimate of drug-likeness (QED) is 0.115. The van der Waals surface area contributed by atoms with Crippen molar-refractivity contribution >= 4 is 52.1 Å². The molecule has 1 aliphatic rings. The third-order valence-corrected chi connectivity index (χ3v) is 9.32. The van der Waals surface area contributed by atoms with Crippen molar-refractivity contribution in [3.05, 3.63) is 94.9 Å². The zero-order chi connectivity index (χ0) is 38.6. The fourth-order valence-corrected chi connectivity index (χ4v) is 7.08. The molecule has 0 saturated carbocycles. The molecule has 278 valence electrons. The van der Waals surface area contributed by atoms with Crippen LogP contribution in [0.2, 0.25) is 0 Å². The molecule has 16 nitrogen and oxygen atoms in total. The summed E-state index contributed by atoms with van der Waals surface area (Å²) in [5, 5.41) is 14.3. The number of fused-ring (bicyclic) bond motifs is 1. The van der Waals surface area contributed by atoms with Crippen molar-refractivity contribution < 1.29 is 47.7 Å². The molecule has 17 heteroatoms. The van der Waals surface area contributed by atoms with E-state index in [1.807, 2.05) is 0 Å². The lowest BCUT2D eigenvalue weighted by Gasteiger charge is -2.28. The number of amides is 1. The highest BCUT2D eigenvalue weighted by molar-refractivity contribution is 7.07. The SMILES string of the molecule is CCOC(=O)C1=C(N)n2c(s/c(=C/c3cc(OC)c(OC)c(OC)c3)c2=O)=C(C(=O)Nc2cccc([N+](=O)[O-])c2)C1c1cc(OC)c(OC)c(OC)c1. The summed E-state index contributed by atoms with van der Waals surface area (Å²) in [5.74, 6) is -1.63. The number of nitro benzene ring substituents is 1. The van der Waals surface area contributed by atoms with Gasteiger partial charge in [-0.05, 0) is 54.5 Å². The Hall–Kier alpha value is -6.49. The van der Waals surface area contributed by atoms with E-state index in [0.717, 1.165) is 15.9 Å². The van der Waals surface area contributed by atoms with Crippen molar-refractivity contribution in [1.29, 1.82) is 0 Å². The van der Waals surface area contributed by atoms with Gasteiger partial charge in [0.2, 0.25) is 11.5 Å². The Kier molecular flexibility index (Phi) is 11.3. The minimum Gasteiger partial charge on any atom is -0.493 e. The maximum absolute atomic E-state index is 14.6. The van der Waals surface area contributed by atoms with Crippen LogP contribution in [0, 0.1) is 10.1 Å². The number of carbonyl (C=O) groups is 2. The number of aromatic nitrogens is 1. The van der Waals surface area contributed by atoms with Gasteiger partial charge in [-0.3, -0.25) is 24.3 Å². The molecule has 3 aromatic carbocycles. The topological polar surface area (TPSA) is 202 Å². The number of non-ortho nitro benzene ring substituents is 1. The number of hydrogen-bond acceptors (Lipinski definition) is 14. The molecule has 1 unspecified atom stereocenters. The van der Waals surface area contributed by atoms with Crippen LogP contribution < -0.4 is 54.2 Å². The van der Waals surface area contributed by atoms with E-state index in [9.17, 15) is 24.5 Å². The summed E-state index contributed by atoms with van der Waals surface area (Å²) < 4.78 is 39.8. The van der Waals surface area contributed by atoms with Crippen LogP contribution in [0.5, 0.6) is 34.5 Å². The van der Waals surface area contributed by atoms with Crippen LogP contribution in [0.3, 0.4) is 0 Å². The van der Waals surface area contributed by atoms with Crippen molar-refractivity contribution in [3.8, 4) is 34.5 Å². The second-order valence-electron chi connectivity index (χ2n) is 11.1. The van der Waals surface area contributed by atoms with Crippen molar-refractivity contribution in [3.63, 3.8) is 0 Å². The minimum atomic E-state index is -1.28. The van der Waals surface area contributed by atoms with Gasteiger partial charge in [-0.2, -0.15) is 0 Å². The van der Waals surface area contributed by atoms with Gasteiger partial charge in [-0.15, -0.1) is 11.3 Å². The number of rotatable bonds is 13. The summed E-state index contributed by atoms with van der Waals surface area (Å²) in [6.45, 7) is 1.54. The van der Waals surface area contributed by atoms with E-state index in [0.29, 0.717) is 22.8 Å². The predicted molar refractivity (Wildman–Crippen MR) is 196 cm³/mol. The number of esters is 1. The normalized spacial score (nSPS) is 13.9. The zero-order valence-electron chi connectivity index (χ0n) is 29.8. The van der Waals surface area contributed by atoms with Gasteiger partial charge in [0.05, 0.1) is 75.8 Å². The van der Waals surface area contributed by atoms with Gasteiger partial charge in [0.1, 0.15) is 10.5 Å². The van der Waals surface area contributed by atoms with E-state index in [-0.39, 0.29) is 67.0 Å². The lowest BCUT2D eigenvalue weighted by Crippen LogP contribution is -2.42. The molecule has 4 aromatic rings. The number of ether oxygens (including phenoxy) is 7. The van der Waals surface area contributed by atoms with E-state index in [1.54, 1.807) is 37.3 Å². The van der Waals surface area contributed by atoms with Gasteiger partial charge in [0.15, 0.2) is 23.0 Å². The average molecular weight is 749 g/mol. The molecular formula is C36H36N4O12S. The molecule has 0 radical (unpaired) electrons. The van der Waals surface area contributed by atoms with Crippen LogP contribution in [0.25, 0.3) is 17.5 Å². The molecule has 0 spiro atoms. The summed E-state index contributed by atoms with van der Waals surface area (Å²) >= 11 is 0.928. The average Bonchev–Trinajstić information content (AvgIpc) is 3.48. The van der Waals surface area contributed by atoms with E-state index in [4.69, 9.17) is 38.9 Å². The van der Waals surface area contributed by atoms with Crippen LogP contribution >= 0.6 is 11.3 Å². The molecule has 0 saturated heterocycles. The summed E-state index contributed by atoms with van der Waals surface area (Å²) in [6, 6.07) is 11.7. The van der Waals surface area contributed by atoms with Gasteiger partial charge in [-0.1, -0.05) is 6.07 Å². The highest BCUT2D eigenvalue weighted by Crippen LogP contribution is 2.45. The Morgan fingerprint density at radius 1 is 0.887 bits per heavy atom. The highest BCUT2D eigenvalue weighted by atomic mass is 32.1. The first-order valence-electron chi connectivity index (χ1n) is 15.8. The van der Waals surface area contributed by atoms with Crippen LogP contribution in [-0.4, -0.2) is 70.6 Å². The summed E-state index contributed by atoms with van der Waals surface area (Å²) in [7, 11) is 8.59. The molecule has 0 fully saturated rings. The maximum atomic E-state index is 14.6. The highest BCUT2D eigenvalue weighted by Gasteiger charge is 2.40. The Balaban J connectivity index is 1.90. The maximum Gasteiger partial charge on any atom is 0.338 e. The van der Waals surface area contributed by atoms with Crippen LogP contribution in [0.15, 0.2) is 58.9 Å². The molecule has 53 heavy (non-hydrogen) atoms. The predicted octanol–water partition coefficient (Wildman–Crippen LogP) is 2.98. The van der Waals surface area contributed by atoms with E-state index >= 15 is 0 Å². The Labute approximate surface area is 306 Å². The van der Waals surface area contributed by atoms with Gasteiger partial charge in [-0.25, -0.2) is 4.79 Å².